The van der Waals surface area contributed by atoms with E-state index < -0.39 is 10.0 Å². The monoisotopic (exact) mass is 525 g/mol. The molecule has 5 nitrogen and oxygen atoms in total. The average molecular weight is 527 g/mol. The van der Waals surface area contributed by atoms with Crippen LogP contribution >= 0.6 is 31.9 Å². The highest BCUT2D eigenvalue weighted by Gasteiger charge is 2.25. The smallest absolute Gasteiger partial charge is 0.269 e. The second kappa shape index (κ2) is 7.91. The zero-order valence-electron chi connectivity index (χ0n) is 15.5. The highest BCUT2D eigenvalue weighted by atomic mass is 79.9. The molecule has 0 aliphatic carbocycles. The predicted molar refractivity (Wildman–Crippen MR) is 119 cm³/mol. The fourth-order valence-corrected chi connectivity index (χ4v) is 6.58. The minimum Gasteiger partial charge on any atom is -0.304 e. The van der Waals surface area contributed by atoms with E-state index in [0.717, 1.165) is 48.1 Å². The van der Waals surface area contributed by atoms with E-state index in [1.807, 2.05) is 24.3 Å². The first-order valence-corrected chi connectivity index (χ1v) is 12.1. The van der Waals surface area contributed by atoms with Gasteiger partial charge in [-0.3, -0.25) is 4.90 Å². The third kappa shape index (κ3) is 3.68. The van der Waals surface area contributed by atoms with Crippen LogP contribution in [-0.4, -0.2) is 55.4 Å². The second-order valence-electron chi connectivity index (χ2n) is 7.10. The third-order valence-electron chi connectivity index (χ3n) is 5.19. The molecule has 28 heavy (non-hydrogen) atoms. The number of benzene rings is 2. The van der Waals surface area contributed by atoms with E-state index in [1.165, 1.54) is 3.97 Å². The predicted octanol–water partition coefficient (Wildman–Crippen LogP) is 4.15. The maximum absolute atomic E-state index is 13.4. The quantitative estimate of drug-likeness (QED) is 0.512. The van der Waals surface area contributed by atoms with Crippen LogP contribution in [0.25, 0.3) is 10.9 Å². The SMILES string of the molecule is CN1CCN(Cc2cn(S(=O)(=O)c3ccccc3Br)c3cccc(Br)c23)CC1. The number of likely N-dealkylation sites (N-methyl/N-ethyl adjacent to an activating group) is 1. The standard InChI is InChI=1S/C20H21Br2N3O2S/c1-23-9-11-24(12-10-23)13-15-14-25(18-7-4-6-17(22)20(15)18)28(26,27)19-8-3-2-5-16(19)21/h2-8,14H,9-13H2,1H3. The van der Waals surface area contributed by atoms with Crippen LogP contribution in [0.5, 0.6) is 0 Å². The van der Waals surface area contributed by atoms with Crippen LogP contribution < -0.4 is 0 Å². The molecule has 4 rings (SSSR count). The molecule has 0 bridgehead atoms. The van der Waals surface area contributed by atoms with E-state index >= 15 is 0 Å². The number of nitrogens with zero attached hydrogens (tertiary/aromatic N) is 3. The molecule has 3 aromatic rings. The molecule has 2 heterocycles. The van der Waals surface area contributed by atoms with Crippen molar-refractivity contribution in [3.8, 4) is 0 Å². The molecule has 8 heteroatoms. The Balaban J connectivity index is 1.82. The van der Waals surface area contributed by atoms with Gasteiger partial charge in [-0.15, -0.1) is 0 Å². The molecule has 1 aliphatic heterocycles. The second-order valence-corrected chi connectivity index (χ2v) is 10.6. The molecule has 0 radical (unpaired) electrons. The average Bonchev–Trinajstić information content (AvgIpc) is 3.04. The molecule has 0 N–H and O–H groups in total. The van der Waals surface area contributed by atoms with Gasteiger partial charge in [-0.1, -0.05) is 34.1 Å². The molecule has 148 valence electrons. The van der Waals surface area contributed by atoms with Gasteiger partial charge in [-0.25, -0.2) is 12.4 Å². The molecule has 1 saturated heterocycles. The van der Waals surface area contributed by atoms with Gasteiger partial charge in [0.15, 0.2) is 0 Å². The highest BCUT2D eigenvalue weighted by molar-refractivity contribution is 9.11. The molecule has 0 saturated carbocycles. The fourth-order valence-electron chi connectivity index (χ4n) is 3.62. The third-order valence-corrected chi connectivity index (χ3v) is 8.53. The summed E-state index contributed by atoms with van der Waals surface area (Å²) in [6.07, 6.45) is 1.78. The van der Waals surface area contributed by atoms with Gasteiger partial charge in [0.25, 0.3) is 10.0 Å². The highest BCUT2D eigenvalue weighted by Crippen LogP contribution is 2.34. The summed E-state index contributed by atoms with van der Waals surface area (Å²) < 4.78 is 29.7. The number of hydrogen-bond donors (Lipinski definition) is 0. The molecule has 0 spiro atoms. The van der Waals surface area contributed by atoms with Crippen molar-refractivity contribution in [1.82, 2.24) is 13.8 Å². The number of halogens is 2. The Hall–Kier alpha value is -1.19. The number of aromatic nitrogens is 1. The van der Waals surface area contributed by atoms with Gasteiger partial charge in [-0.2, -0.15) is 0 Å². The molecular weight excluding hydrogens is 506 g/mol. The van der Waals surface area contributed by atoms with Gasteiger partial charge in [0, 0.05) is 53.3 Å². The lowest BCUT2D eigenvalue weighted by Crippen LogP contribution is -2.43. The number of rotatable bonds is 4. The lowest BCUT2D eigenvalue weighted by atomic mass is 10.1. The summed E-state index contributed by atoms with van der Waals surface area (Å²) in [6.45, 7) is 4.73. The Kier molecular flexibility index (Phi) is 5.68. The maximum atomic E-state index is 13.4. The Labute approximate surface area is 182 Å². The minimum absolute atomic E-state index is 0.262. The Morgan fingerprint density at radius 1 is 0.929 bits per heavy atom. The summed E-state index contributed by atoms with van der Waals surface area (Å²) in [5, 5.41) is 0.956. The van der Waals surface area contributed by atoms with E-state index in [9.17, 15) is 8.42 Å². The van der Waals surface area contributed by atoms with Crippen LogP contribution in [-0.2, 0) is 16.6 Å². The first-order valence-electron chi connectivity index (χ1n) is 9.07. The molecule has 0 atom stereocenters. The Morgan fingerprint density at radius 2 is 1.61 bits per heavy atom. The number of hydrogen-bond acceptors (Lipinski definition) is 4. The maximum Gasteiger partial charge on any atom is 0.269 e. The zero-order chi connectivity index (χ0) is 19.9. The van der Waals surface area contributed by atoms with Crippen molar-refractivity contribution >= 4 is 52.8 Å². The van der Waals surface area contributed by atoms with Crippen molar-refractivity contribution in [3.63, 3.8) is 0 Å². The summed E-state index contributed by atoms with van der Waals surface area (Å²) in [5.41, 5.74) is 1.71. The van der Waals surface area contributed by atoms with Gasteiger partial charge < -0.3 is 4.90 Å². The van der Waals surface area contributed by atoms with Crippen LogP contribution in [0.4, 0.5) is 0 Å². The van der Waals surface area contributed by atoms with E-state index in [1.54, 1.807) is 24.4 Å². The fraction of sp³-hybridized carbons (Fsp3) is 0.300. The van der Waals surface area contributed by atoms with Crippen molar-refractivity contribution in [3.05, 3.63) is 63.2 Å². The van der Waals surface area contributed by atoms with Crippen LogP contribution in [0.15, 0.2) is 62.5 Å². The molecule has 1 aromatic heterocycles. The summed E-state index contributed by atoms with van der Waals surface area (Å²) >= 11 is 7.01. The van der Waals surface area contributed by atoms with E-state index in [0.29, 0.717) is 9.99 Å². The van der Waals surface area contributed by atoms with Crippen molar-refractivity contribution in [2.24, 2.45) is 0 Å². The van der Waals surface area contributed by atoms with Crippen molar-refractivity contribution in [2.75, 3.05) is 33.2 Å². The molecule has 1 fully saturated rings. The summed E-state index contributed by atoms with van der Waals surface area (Å²) in [5.74, 6) is 0. The molecular formula is C20H21Br2N3O2S. The Bertz CT molecular complexity index is 1120. The first kappa shape index (κ1) is 20.1. The largest absolute Gasteiger partial charge is 0.304 e. The van der Waals surface area contributed by atoms with Crippen LogP contribution in [0.2, 0.25) is 0 Å². The lowest BCUT2D eigenvalue weighted by molar-refractivity contribution is 0.148. The lowest BCUT2D eigenvalue weighted by Gasteiger charge is -2.32. The normalized spacial score (nSPS) is 16.7. The van der Waals surface area contributed by atoms with E-state index in [2.05, 4.69) is 48.7 Å². The summed E-state index contributed by atoms with van der Waals surface area (Å²) in [7, 11) is -1.59. The molecule has 1 aliphatic rings. The van der Waals surface area contributed by atoms with Crippen molar-refractivity contribution in [1.29, 1.82) is 0 Å². The van der Waals surface area contributed by atoms with E-state index in [4.69, 9.17) is 0 Å². The summed E-state index contributed by atoms with van der Waals surface area (Å²) in [4.78, 5) is 4.95. The van der Waals surface area contributed by atoms with Crippen molar-refractivity contribution < 1.29 is 8.42 Å². The van der Waals surface area contributed by atoms with Crippen LogP contribution in [0.3, 0.4) is 0 Å². The first-order chi connectivity index (χ1) is 13.4. The van der Waals surface area contributed by atoms with Gasteiger partial charge in [-0.05, 0) is 52.8 Å². The molecule has 0 unspecified atom stereocenters. The number of piperazine rings is 1. The van der Waals surface area contributed by atoms with Gasteiger partial charge in [0.2, 0.25) is 0 Å². The summed E-state index contributed by atoms with van der Waals surface area (Å²) in [6, 6.07) is 12.6. The van der Waals surface area contributed by atoms with Gasteiger partial charge in [0.1, 0.15) is 4.90 Å². The Morgan fingerprint density at radius 3 is 2.32 bits per heavy atom. The minimum atomic E-state index is -3.72. The van der Waals surface area contributed by atoms with Crippen LogP contribution in [0, 0.1) is 0 Å². The van der Waals surface area contributed by atoms with Gasteiger partial charge >= 0.3 is 0 Å². The zero-order valence-corrected chi connectivity index (χ0v) is 19.5. The molecule has 2 aromatic carbocycles. The molecule has 0 amide bonds. The van der Waals surface area contributed by atoms with Crippen molar-refractivity contribution in [2.45, 2.75) is 11.4 Å². The van der Waals surface area contributed by atoms with Gasteiger partial charge in [0.05, 0.1) is 5.52 Å². The van der Waals surface area contributed by atoms with Crippen LogP contribution in [0.1, 0.15) is 5.56 Å². The topological polar surface area (TPSA) is 45.5 Å². The van der Waals surface area contributed by atoms with E-state index in [-0.39, 0.29) is 4.90 Å². The number of fused-ring (bicyclic) bond motifs is 1.